The van der Waals surface area contributed by atoms with Crippen LogP contribution in [0.25, 0.3) is 27.8 Å². The van der Waals surface area contributed by atoms with E-state index < -0.39 is 23.9 Å². The van der Waals surface area contributed by atoms with Gasteiger partial charge in [0.25, 0.3) is 5.91 Å². The molecule has 0 radical (unpaired) electrons. The number of fused-ring (bicyclic) bond motifs is 2. The normalized spacial score (nSPS) is 19.6. The Bertz CT molecular complexity index is 1650. The van der Waals surface area contributed by atoms with Crippen molar-refractivity contribution in [2.75, 3.05) is 13.1 Å². The Labute approximate surface area is 247 Å². The lowest BCUT2D eigenvalue weighted by Crippen LogP contribution is -2.54. The van der Waals surface area contributed by atoms with E-state index in [2.05, 4.69) is 57.0 Å². The number of rotatable bonds is 5. The number of hydrogen-bond acceptors (Lipinski definition) is 4. The number of hydrogen-bond donors (Lipinski definition) is 1. The molecule has 41 heavy (non-hydrogen) atoms. The zero-order valence-corrected chi connectivity index (χ0v) is 25.4. The number of ether oxygens (including phenoxy) is 1. The second kappa shape index (κ2) is 10.5. The number of likely N-dealkylation sites (tertiary alicyclic amines) is 1. The topological polar surface area (TPSA) is 80.9 Å². The minimum absolute atomic E-state index is 0.0242. The van der Waals surface area contributed by atoms with Crippen molar-refractivity contribution in [1.82, 2.24) is 24.4 Å². The molecule has 0 unspecified atom stereocenters. The minimum atomic E-state index is -1.25. The number of alkyl carbamates (subject to hydrolysis) is 1. The molecule has 0 spiro atoms. The third kappa shape index (κ3) is 5.84. The average molecular weight is 625 g/mol. The van der Waals surface area contributed by atoms with E-state index in [0.29, 0.717) is 11.5 Å². The van der Waals surface area contributed by atoms with Crippen LogP contribution in [0.2, 0.25) is 0 Å². The molecule has 1 saturated heterocycles. The van der Waals surface area contributed by atoms with Crippen molar-refractivity contribution in [3.05, 3.63) is 58.2 Å². The summed E-state index contributed by atoms with van der Waals surface area (Å²) in [4.78, 5) is 27.2. The van der Waals surface area contributed by atoms with Gasteiger partial charge < -0.3 is 19.5 Å². The monoisotopic (exact) mass is 623 g/mol. The number of piperidine rings is 1. The molecule has 2 atom stereocenters. The van der Waals surface area contributed by atoms with Crippen molar-refractivity contribution in [3.63, 3.8) is 0 Å². The first kappa shape index (κ1) is 27.8. The van der Waals surface area contributed by atoms with Gasteiger partial charge in [0.1, 0.15) is 17.5 Å². The number of nitrogens with zero attached hydrogens (tertiary/aromatic N) is 4. The highest BCUT2D eigenvalue weighted by Gasteiger charge is 2.33. The molecule has 4 heterocycles. The first-order valence-electron chi connectivity index (χ1n) is 14.2. The quantitative estimate of drug-likeness (QED) is 0.275. The first-order valence-corrected chi connectivity index (χ1v) is 15.0. The zero-order chi connectivity index (χ0) is 29.1. The highest BCUT2D eigenvalue weighted by Crippen LogP contribution is 2.37. The predicted molar refractivity (Wildman–Crippen MR) is 160 cm³/mol. The Hall–Kier alpha value is -3.40. The summed E-state index contributed by atoms with van der Waals surface area (Å²) >= 11 is 3.62. The molecule has 4 aromatic rings. The fourth-order valence-corrected chi connectivity index (χ4v) is 6.04. The molecule has 3 aromatic heterocycles. The molecule has 1 aliphatic carbocycles. The van der Waals surface area contributed by atoms with Gasteiger partial charge in [-0.1, -0.05) is 22.0 Å². The van der Waals surface area contributed by atoms with Gasteiger partial charge in [0.15, 0.2) is 0 Å². The third-order valence-electron chi connectivity index (χ3n) is 7.78. The SMILES string of the molecule is Cc1c(-c2cc3ccc(Br)cc3n2CC2CC2)nn2cc(C(=O)N3C[C@H](F)C[C@@H](NC(=O)OC(C)(C)C)C3)ccc12. The van der Waals surface area contributed by atoms with E-state index in [1.54, 1.807) is 37.5 Å². The number of halogens is 2. The lowest BCUT2D eigenvalue weighted by Gasteiger charge is -2.35. The maximum atomic E-state index is 14.7. The van der Waals surface area contributed by atoms with Crippen LogP contribution in [0.5, 0.6) is 0 Å². The lowest BCUT2D eigenvalue weighted by molar-refractivity contribution is 0.0394. The van der Waals surface area contributed by atoms with Gasteiger partial charge in [-0.3, -0.25) is 4.79 Å². The lowest BCUT2D eigenvalue weighted by atomic mass is 10.0. The molecule has 1 aliphatic heterocycles. The fourth-order valence-electron chi connectivity index (χ4n) is 5.69. The van der Waals surface area contributed by atoms with Crippen molar-refractivity contribution in [2.24, 2.45) is 5.92 Å². The van der Waals surface area contributed by atoms with Gasteiger partial charge in [0.2, 0.25) is 0 Å². The second-order valence-electron chi connectivity index (χ2n) is 12.4. The summed E-state index contributed by atoms with van der Waals surface area (Å²) in [5.74, 6) is 0.384. The van der Waals surface area contributed by atoms with Crippen molar-refractivity contribution in [3.8, 4) is 11.4 Å². The maximum absolute atomic E-state index is 14.7. The maximum Gasteiger partial charge on any atom is 0.407 e. The van der Waals surface area contributed by atoms with Crippen molar-refractivity contribution in [1.29, 1.82) is 0 Å². The van der Waals surface area contributed by atoms with Gasteiger partial charge in [-0.25, -0.2) is 13.7 Å². The van der Waals surface area contributed by atoms with Crippen LogP contribution < -0.4 is 5.32 Å². The summed E-state index contributed by atoms with van der Waals surface area (Å²) < 4.78 is 25.2. The Morgan fingerprint density at radius 2 is 1.90 bits per heavy atom. The minimum Gasteiger partial charge on any atom is -0.444 e. The van der Waals surface area contributed by atoms with Crippen LogP contribution in [-0.4, -0.2) is 62.0 Å². The predicted octanol–water partition coefficient (Wildman–Crippen LogP) is 6.51. The van der Waals surface area contributed by atoms with Crippen molar-refractivity contribution >= 4 is 44.3 Å². The largest absolute Gasteiger partial charge is 0.444 e. The number of alkyl halides is 1. The molecular weight excluding hydrogens is 589 g/mol. The number of carbonyl (C=O) groups excluding carboxylic acids is 2. The molecule has 10 heteroatoms. The van der Waals surface area contributed by atoms with E-state index >= 15 is 0 Å². The van der Waals surface area contributed by atoms with Crippen LogP contribution >= 0.6 is 15.9 Å². The number of carbonyl (C=O) groups is 2. The summed E-state index contributed by atoms with van der Waals surface area (Å²) in [6, 6.07) is 11.7. The molecule has 0 bridgehead atoms. The van der Waals surface area contributed by atoms with Crippen LogP contribution in [0, 0.1) is 12.8 Å². The molecule has 1 aromatic carbocycles. The van der Waals surface area contributed by atoms with E-state index in [-0.39, 0.29) is 25.4 Å². The Balaban J connectivity index is 1.28. The molecular formula is C31H35BrFN5O3. The summed E-state index contributed by atoms with van der Waals surface area (Å²) in [7, 11) is 0. The number of aryl methyl sites for hydroxylation is 1. The molecule has 6 rings (SSSR count). The van der Waals surface area contributed by atoms with Gasteiger partial charge in [-0.05, 0) is 76.8 Å². The van der Waals surface area contributed by atoms with E-state index in [1.165, 1.54) is 23.3 Å². The third-order valence-corrected chi connectivity index (χ3v) is 8.27. The van der Waals surface area contributed by atoms with Crippen LogP contribution in [0.15, 0.2) is 47.1 Å². The van der Waals surface area contributed by atoms with E-state index in [4.69, 9.17) is 9.84 Å². The zero-order valence-electron chi connectivity index (χ0n) is 23.8. The van der Waals surface area contributed by atoms with Crippen LogP contribution in [0.3, 0.4) is 0 Å². The first-order chi connectivity index (χ1) is 19.4. The molecule has 2 aliphatic rings. The number of pyridine rings is 1. The molecule has 1 saturated carbocycles. The Kier molecular flexibility index (Phi) is 7.08. The number of amides is 2. The highest BCUT2D eigenvalue weighted by atomic mass is 79.9. The van der Waals surface area contributed by atoms with Crippen LogP contribution in [-0.2, 0) is 11.3 Å². The highest BCUT2D eigenvalue weighted by molar-refractivity contribution is 9.10. The number of aromatic nitrogens is 3. The second-order valence-corrected chi connectivity index (χ2v) is 13.3. The van der Waals surface area contributed by atoms with Crippen LogP contribution in [0.1, 0.15) is 56.0 Å². The van der Waals surface area contributed by atoms with Gasteiger partial charge in [0, 0.05) is 46.6 Å². The smallest absolute Gasteiger partial charge is 0.407 e. The van der Waals surface area contributed by atoms with Gasteiger partial charge in [-0.15, -0.1) is 0 Å². The average Bonchev–Trinajstić information content (AvgIpc) is 3.57. The fraction of sp³-hybridized carbons (Fsp3) is 0.452. The molecule has 216 valence electrons. The van der Waals surface area contributed by atoms with E-state index in [0.717, 1.165) is 38.9 Å². The summed E-state index contributed by atoms with van der Waals surface area (Å²) in [5, 5.41) is 8.83. The molecule has 2 fully saturated rings. The molecule has 1 N–H and O–H groups in total. The summed E-state index contributed by atoms with van der Waals surface area (Å²) in [6.07, 6.45) is 2.48. The van der Waals surface area contributed by atoms with Crippen molar-refractivity contribution < 1.29 is 18.7 Å². The van der Waals surface area contributed by atoms with Gasteiger partial charge in [0.05, 0.1) is 29.4 Å². The number of benzene rings is 1. The number of nitrogens with one attached hydrogen (secondary N) is 1. The van der Waals surface area contributed by atoms with Gasteiger partial charge >= 0.3 is 6.09 Å². The van der Waals surface area contributed by atoms with E-state index in [1.807, 2.05) is 6.07 Å². The Morgan fingerprint density at radius 3 is 2.63 bits per heavy atom. The van der Waals surface area contributed by atoms with Crippen LogP contribution in [0.4, 0.5) is 9.18 Å². The summed E-state index contributed by atoms with van der Waals surface area (Å²) in [5.41, 5.74) is 4.81. The van der Waals surface area contributed by atoms with Crippen molar-refractivity contribution in [2.45, 2.75) is 71.3 Å². The molecule has 8 nitrogen and oxygen atoms in total. The van der Waals surface area contributed by atoms with E-state index in [9.17, 15) is 14.0 Å². The Morgan fingerprint density at radius 1 is 1.12 bits per heavy atom. The standard InChI is InChI=1S/C31H35BrFN5O3/c1-18-25-10-8-21(29(39)36-16-23(33)13-24(17-36)34-30(40)41-31(2,3)4)15-38(25)35-28(18)27-11-20-7-9-22(32)12-26(20)37(27)14-19-5-6-19/h7-12,15,19,23-24H,5-6,13-14,16-17H2,1-4H3,(H,34,40)/t23-,24-/m1/s1. The summed E-state index contributed by atoms with van der Waals surface area (Å²) in [6.45, 7) is 8.49. The van der Waals surface area contributed by atoms with Gasteiger partial charge in [-0.2, -0.15) is 5.10 Å². The molecule has 2 amide bonds.